The molecular formula is C17H22N2O. The zero-order valence-electron chi connectivity index (χ0n) is 12.1. The van der Waals surface area contributed by atoms with E-state index in [0.717, 1.165) is 25.1 Å². The summed E-state index contributed by atoms with van der Waals surface area (Å²) in [5.74, 6) is 0.306. The van der Waals surface area contributed by atoms with E-state index >= 15 is 0 Å². The molecule has 3 nitrogen and oxygen atoms in total. The predicted molar refractivity (Wildman–Crippen MR) is 81.8 cm³/mol. The van der Waals surface area contributed by atoms with Crippen LogP contribution in [0, 0.1) is 6.92 Å². The van der Waals surface area contributed by atoms with E-state index in [0.29, 0.717) is 5.75 Å². The average Bonchev–Trinajstić information content (AvgIpc) is 2.45. The molecule has 0 fully saturated rings. The van der Waals surface area contributed by atoms with E-state index < -0.39 is 0 Å². The molecule has 0 radical (unpaired) electrons. The molecule has 1 aromatic heterocycles. The van der Waals surface area contributed by atoms with Crippen LogP contribution < -0.4 is 5.32 Å². The molecule has 0 aliphatic rings. The van der Waals surface area contributed by atoms with E-state index in [1.807, 2.05) is 24.4 Å². The first-order valence-electron chi connectivity index (χ1n) is 7.13. The number of aryl methyl sites for hydroxylation is 1. The quantitative estimate of drug-likeness (QED) is 0.846. The van der Waals surface area contributed by atoms with Gasteiger partial charge in [0.05, 0.1) is 11.7 Å². The molecule has 0 saturated carbocycles. The first-order chi connectivity index (χ1) is 9.69. The van der Waals surface area contributed by atoms with Gasteiger partial charge in [0.15, 0.2) is 0 Å². The summed E-state index contributed by atoms with van der Waals surface area (Å²) in [5.41, 5.74) is 3.50. The molecule has 106 valence electrons. The molecular weight excluding hydrogens is 248 g/mol. The van der Waals surface area contributed by atoms with Gasteiger partial charge in [0.1, 0.15) is 5.75 Å². The number of hydrogen-bond acceptors (Lipinski definition) is 3. The molecule has 1 aromatic carbocycles. The smallest absolute Gasteiger partial charge is 0.115 e. The maximum absolute atomic E-state index is 9.36. The van der Waals surface area contributed by atoms with Crippen LogP contribution in [-0.2, 0) is 6.42 Å². The van der Waals surface area contributed by atoms with Crippen LogP contribution in [0.5, 0.6) is 5.75 Å². The van der Waals surface area contributed by atoms with Gasteiger partial charge in [-0.15, -0.1) is 0 Å². The highest BCUT2D eigenvalue weighted by Gasteiger charge is 2.13. The number of benzene rings is 1. The van der Waals surface area contributed by atoms with Crippen molar-refractivity contribution in [2.24, 2.45) is 0 Å². The number of phenols is 1. The molecule has 0 aliphatic heterocycles. The standard InChI is InChI=1S/C17H22N2O/c1-3-9-18-17(16-11-13(2)8-10-19-16)12-14-4-6-15(20)7-5-14/h4-8,10-11,17-18,20H,3,9,12H2,1-2H3. The Morgan fingerprint density at radius 1 is 1.20 bits per heavy atom. The summed E-state index contributed by atoms with van der Waals surface area (Å²) in [6.45, 7) is 5.22. The van der Waals surface area contributed by atoms with Crippen molar-refractivity contribution < 1.29 is 5.11 Å². The Balaban J connectivity index is 2.16. The summed E-state index contributed by atoms with van der Waals surface area (Å²) in [4.78, 5) is 4.49. The molecule has 3 heteroatoms. The lowest BCUT2D eigenvalue weighted by atomic mass is 10.0. The molecule has 1 atom stereocenters. The minimum absolute atomic E-state index is 0.208. The van der Waals surface area contributed by atoms with Crippen molar-refractivity contribution in [3.63, 3.8) is 0 Å². The maximum atomic E-state index is 9.36. The minimum atomic E-state index is 0.208. The first-order valence-corrected chi connectivity index (χ1v) is 7.13. The van der Waals surface area contributed by atoms with Gasteiger partial charge in [-0.2, -0.15) is 0 Å². The van der Waals surface area contributed by atoms with Crippen LogP contribution in [0.1, 0.15) is 36.2 Å². The number of phenolic OH excluding ortho intramolecular Hbond substituents is 1. The summed E-state index contributed by atoms with van der Waals surface area (Å²) < 4.78 is 0. The maximum Gasteiger partial charge on any atom is 0.115 e. The summed E-state index contributed by atoms with van der Waals surface area (Å²) >= 11 is 0. The monoisotopic (exact) mass is 270 g/mol. The van der Waals surface area contributed by atoms with Crippen molar-refractivity contribution in [2.75, 3.05) is 6.54 Å². The summed E-state index contributed by atoms with van der Waals surface area (Å²) in [6, 6.07) is 11.7. The second-order valence-electron chi connectivity index (χ2n) is 5.14. The van der Waals surface area contributed by atoms with Crippen LogP contribution in [0.25, 0.3) is 0 Å². The number of hydrogen-bond donors (Lipinski definition) is 2. The van der Waals surface area contributed by atoms with Crippen LogP contribution in [-0.4, -0.2) is 16.6 Å². The lowest BCUT2D eigenvalue weighted by Gasteiger charge is -2.18. The Morgan fingerprint density at radius 3 is 2.60 bits per heavy atom. The van der Waals surface area contributed by atoms with Crippen LogP contribution >= 0.6 is 0 Å². The number of pyridine rings is 1. The van der Waals surface area contributed by atoms with Crippen molar-refractivity contribution in [3.8, 4) is 5.75 Å². The Kier molecular flexibility index (Phi) is 5.13. The molecule has 2 N–H and O–H groups in total. The molecule has 1 heterocycles. The number of nitrogens with zero attached hydrogens (tertiary/aromatic N) is 1. The molecule has 0 aliphatic carbocycles. The van der Waals surface area contributed by atoms with Crippen LogP contribution in [0.15, 0.2) is 42.6 Å². The van der Waals surface area contributed by atoms with Gasteiger partial charge in [-0.1, -0.05) is 19.1 Å². The third kappa shape index (κ3) is 4.07. The molecule has 2 rings (SSSR count). The highest BCUT2D eigenvalue weighted by Crippen LogP contribution is 2.19. The van der Waals surface area contributed by atoms with E-state index in [2.05, 4.69) is 30.2 Å². The van der Waals surface area contributed by atoms with E-state index in [1.165, 1.54) is 11.1 Å². The summed E-state index contributed by atoms with van der Waals surface area (Å²) in [6.07, 6.45) is 3.83. The molecule has 0 spiro atoms. The highest BCUT2D eigenvalue weighted by atomic mass is 16.3. The highest BCUT2D eigenvalue weighted by molar-refractivity contribution is 5.28. The summed E-state index contributed by atoms with van der Waals surface area (Å²) in [5, 5.41) is 12.9. The van der Waals surface area contributed by atoms with Crippen LogP contribution in [0.2, 0.25) is 0 Å². The molecule has 20 heavy (non-hydrogen) atoms. The second kappa shape index (κ2) is 7.06. The molecule has 0 saturated heterocycles. The summed E-state index contributed by atoms with van der Waals surface area (Å²) in [7, 11) is 0. The zero-order valence-corrected chi connectivity index (χ0v) is 12.1. The third-order valence-electron chi connectivity index (χ3n) is 3.31. The van der Waals surface area contributed by atoms with Gasteiger partial charge < -0.3 is 10.4 Å². The van der Waals surface area contributed by atoms with Crippen molar-refractivity contribution in [2.45, 2.75) is 32.7 Å². The van der Waals surface area contributed by atoms with E-state index in [9.17, 15) is 5.11 Å². The van der Waals surface area contributed by atoms with Crippen molar-refractivity contribution in [1.29, 1.82) is 0 Å². The number of aromatic hydroxyl groups is 1. The van der Waals surface area contributed by atoms with Gasteiger partial charge in [0.2, 0.25) is 0 Å². The normalized spacial score (nSPS) is 12.3. The topological polar surface area (TPSA) is 45.1 Å². The lowest BCUT2D eigenvalue weighted by Crippen LogP contribution is -2.25. The molecule has 2 aromatic rings. The van der Waals surface area contributed by atoms with Gasteiger partial charge in [-0.05, 0) is 61.7 Å². The Labute approximate surface area is 120 Å². The van der Waals surface area contributed by atoms with Crippen LogP contribution in [0.4, 0.5) is 0 Å². The van der Waals surface area contributed by atoms with Crippen molar-refractivity contribution in [3.05, 3.63) is 59.4 Å². The minimum Gasteiger partial charge on any atom is -0.508 e. The van der Waals surface area contributed by atoms with Gasteiger partial charge in [-0.3, -0.25) is 4.98 Å². The fraction of sp³-hybridized carbons (Fsp3) is 0.353. The van der Waals surface area contributed by atoms with Crippen LogP contribution in [0.3, 0.4) is 0 Å². The average molecular weight is 270 g/mol. The van der Waals surface area contributed by atoms with E-state index in [1.54, 1.807) is 12.1 Å². The lowest BCUT2D eigenvalue weighted by molar-refractivity contribution is 0.474. The fourth-order valence-electron chi connectivity index (χ4n) is 2.22. The van der Waals surface area contributed by atoms with E-state index in [4.69, 9.17) is 0 Å². The Morgan fingerprint density at radius 2 is 1.95 bits per heavy atom. The van der Waals surface area contributed by atoms with Crippen molar-refractivity contribution >= 4 is 0 Å². The largest absolute Gasteiger partial charge is 0.508 e. The number of rotatable bonds is 6. The Hall–Kier alpha value is -1.87. The second-order valence-corrected chi connectivity index (χ2v) is 5.14. The molecule has 0 amide bonds. The van der Waals surface area contributed by atoms with Gasteiger partial charge >= 0.3 is 0 Å². The van der Waals surface area contributed by atoms with Crippen molar-refractivity contribution in [1.82, 2.24) is 10.3 Å². The van der Waals surface area contributed by atoms with E-state index in [-0.39, 0.29) is 6.04 Å². The number of aromatic nitrogens is 1. The fourth-order valence-corrected chi connectivity index (χ4v) is 2.22. The zero-order chi connectivity index (χ0) is 14.4. The first kappa shape index (κ1) is 14.5. The van der Waals surface area contributed by atoms with Gasteiger partial charge in [-0.25, -0.2) is 0 Å². The number of nitrogens with one attached hydrogen (secondary N) is 1. The molecule has 0 bridgehead atoms. The SMILES string of the molecule is CCCNC(Cc1ccc(O)cc1)c1cc(C)ccn1. The Bertz CT molecular complexity index is 537. The molecule has 1 unspecified atom stereocenters. The van der Waals surface area contributed by atoms with Gasteiger partial charge in [0, 0.05) is 6.20 Å². The van der Waals surface area contributed by atoms with Gasteiger partial charge in [0.25, 0.3) is 0 Å². The predicted octanol–water partition coefficient (Wildman–Crippen LogP) is 3.38. The third-order valence-corrected chi connectivity index (χ3v) is 3.31.